The van der Waals surface area contributed by atoms with E-state index in [-0.39, 0.29) is 0 Å². The molecule has 0 unspecified atom stereocenters. The smallest absolute Gasteiger partial charge is 0.235 e. The first-order valence-corrected chi connectivity index (χ1v) is 8.91. The summed E-state index contributed by atoms with van der Waals surface area (Å²) < 4.78 is 17.7. The average molecular weight is 377 g/mol. The second-order valence-electron chi connectivity index (χ2n) is 5.61. The number of halogens is 2. The molecule has 25 heavy (non-hydrogen) atoms. The number of aromatic nitrogens is 6. The summed E-state index contributed by atoms with van der Waals surface area (Å²) in [7, 11) is 0. The normalized spacial score (nSPS) is 11.6. The molecule has 0 saturated carbocycles. The third kappa shape index (κ3) is 2.52. The summed E-state index contributed by atoms with van der Waals surface area (Å²) in [4.78, 5) is 0.599. The Kier molecular flexibility index (Phi) is 3.81. The highest BCUT2D eigenvalue weighted by Gasteiger charge is 2.21. The largest absolute Gasteiger partial charge is 0.269 e. The van der Waals surface area contributed by atoms with Crippen molar-refractivity contribution in [3.8, 4) is 22.0 Å². The second-order valence-corrected chi connectivity index (χ2v) is 7.00. The SMILES string of the molecule is CCn1nc(C)c(-c2nn3c(-c4ccc(Cl)cc4F)nnc3s2)c1C. The number of hydrogen-bond acceptors (Lipinski definition) is 5. The van der Waals surface area contributed by atoms with E-state index in [1.807, 2.05) is 25.5 Å². The quantitative estimate of drug-likeness (QED) is 0.539. The summed E-state index contributed by atoms with van der Waals surface area (Å²) >= 11 is 7.23. The molecule has 0 saturated heterocycles. The summed E-state index contributed by atoms with van der Waals surface area (Å²) in [6.07, 6.45) is 0. The van der Waals surface area contributed by atoms with Gasteiger partial charge in [0.25, 0.3) is 0 Å². The van der Waals surface area contributed by atoms with Crippen LogP contribution in [-0.4, -0.2) is 29.6 Å². The lowest BCUT2D eigenvalue weighted by Gasteiger charge is -2.00. The summed E-state index contributed by atoms with van der Waals surface area (Å²) in [5, 5.41) is 18.5. The highest BCUT2D eigenvalue weighted by Crippen LogP contribution is 2.33. The second kappa shape index (κ2) is 5.89. The highest BCUT2D eigenvalue weighted by molar-refractivity contribution is 7.19. The molecule has 0 aliphatic heterocycles. The number of nitrogens with zero attached hydrogens (tertiary/aromatic N) is 6. The van der Waals surface area contributed by atoms with Crippen LogP contribution in [0.1, 0.15) is 18.3 Å². The van der Waals surface area contributed by atoms with Crippen LogP contribution in [0.3, 0.4) is 0 Å². The third-order valence-corrected chi connectivity index (χ3v) is 5.21. The lowest BCUT2D eigenvalue weighted by Crippen LogP contribution is -1.98. The van der Waals surface area contributed by atoms with Gasteiger partial charge in [0.1, 0.15) is 5.82 Å². The molecule has 0 radical (unpaired) electrons. The molecule has 6 nitrogen and oxygen atoms in total. The van der Waals surface area contributed by atoms with Gasteiger partial charge in [-0.25, -0.2) is 4.39 Å². The van der Waals surface area contributed by atoms with Crippen LogP contribution in [-0.2, 0) is 6.54 Å². The van der Waals surface area contributed by atoms with Crippen LogP contribution in [0.15, 0.2) is 18.2 Å². The first kappa shape index (κ1) is 16.2. The van der Waals surface area contributed by atoms with Gasteiger partial charge in [0.15, 0.2) is 10.8 Å². The van der Waals surface area contributed by atoms with Gasteiger partial charge in [0, 0.05) is 17.3 Å². The van der Waals surface area contributed by atoms with Crippen LogP contribution in [0.4, 0.5) is 4.39 Å². The van der Waals surface area contributed by atoms with Crippen molar-refractivity contribution in [2.24, 2.45) is 0 Å². The van der Waals surface area contributed by atoms with Gasteiger partial charge in [-0.1, -0.05) is 22.9 Å². The average Bonchev–Trinajstić information content (AvgIpc) is 3.20. The first-order valence-electron chi connectivity index (χ1n) is 7.71. The van der Waals surface area contributed by atoms with Crippen molar-refractivity contribution in [2.45, 2.75) is 27.3 Å². The molecule has 3 aromatic heterocycles. The van der Waals surface area contributed by atoms with Gasteiger partial charge in [0.2, 0.25) is 4.96 Å². The van der Waals surface area contributed by atoms with E-state index in [1.165, 1.54) is 17.4 Å². The number of benzene rings is 1. The van der Waals surface area contributed by atoms with Gasteiger partial charge in [-0.15, -0.1) is 10.2 Å². The van der Waals surface area contributed by atoms with E-state index in [4.69, 9.17) is 11.6 Å². The Labute approximate surface area is 151 Å². The first-order chi connectivity index (χ1) is 12.0. The Hall–Kier alpha value is -2.32. The van der Waals surface area contributed by atoms with Crippen LogP contribution in [0, 0.1) is 19.7 Å². The molecule has 0 spiro atoms. The van der Waals surface area contributed by atoms with E-state index in [0.717, 1.165) is 28.5 Å². The lowest BCUT2D eigenvalue weighted by atomic mass is 10.2. The van der Waals surface area contributed by atoms with E-state index < -0.39 is 5.82 Å². The van der Waals surface area contributed by atoms with E-state index >= 15 is 0 Å². The van der Waals surface area contributed by atoms with Gasteiger partial charge in [0.05, 0.1) is 16.8 Å². The number of aryl methyl sites for hydroxylation is 2. The van der Waals surface area contributed by atoms with Crippen molar-refractivity contribution in [3.05, 3.63) is 40.4 Å². The Morgan fingerprint density at radius 3 is 2.68 bits per heavy atom. The van der Waals surface area contributed by atoms with Gasteiger partial charge in [-0.3, -0.25) is 4.68 Å². The van der Waals surface area contributed by atoms with E-state index in [2.05, 4.69) is 20.4 Å². The van der Waals surface area contributed by atoms with Crippen molar-refractivity contribution in [1.29, 1.82) is 0 Å². The third-order valence-electron chi connectivity index (χ3n) is 4.06. The fourth-order valence-corrected chi connectivity index (χ4v) is 4.02. The molecule has 0 atom stereocenters. The van der Waals surface area contributed by atoms with Crippen molar-refractivity contribution in [2.75, 3.05) is 0 Å². The molecule has 4 rings (SSSR count). The highest BCUT2D eigenvalue weighted by atomic mass is 35.5. The number of fused-ring (bicyclic) bond motifs is 1. The minimum absolute atomic E-state index is 0.312. The molecule has 0 aliphatic carbocycles. The van der Waals surface area contributed by atoms with Gasteiger partial charge < -0.3 is 0 Å². The molecule has 0 fully saturated rings. The van der Waals surface area contributed by atoms with Crippen LogP contribution in [0.2, 0.25) is 5.02 Å². The molecule has 3 heterocycles. The molecular weight excluding hydrogens is 363 g/mol. The zero-order chi connectivity index (χ0) is 17.7. The fourth-order valence-electron chi connectivity index (χ4n) is 2.87. The zero-order valence-electron chi connectivity index (χ0n) is 13.8. The van der Waals surface area contributed by atoms with Gasteiger partial charge in [-0.2, -0.15) is 14.7 Å². The van der Waals surface area contributed by atoms with Crippen LogP contribution in [0.25, 0.3) is 26.9 Å². The predicted molar refractivity (Wildman–Crippen MR) is 95.4 cm³/mol. The zero-order valence-corrected chi connectivity index (χ0v) is 15.4. The van der Waals surface area contributed by atoms with E-state index in [0.29, 0.717) is 21.4 Å². The van der Waals surface area contributed by atoms with Crippen molar-refractivity contribution >= 4 is 27.9 Å². The lowest BCUT2D eigenvalue weighted by molar-refractivity contribution is 0.629. The Bertz CT molecular complexity index is 1100. The predicted octanol–water partition coefficient (Wildman–Crippen LogP) is 4.15. The van der Waals surface area contributed by atoms with E-state index in [1.54, 1.807) is 16.6 Å². The Balaban J connectivity index is 1.88. The molecule has 0 N–H and O–H groups in total. The van der Waals surface area contributed by atoms with Gasteiger partial charge in [-0.05, 0) is 39.0 Å². The summed E-state index contributed by atoms with van der Waals surface area (Å²) in [5.74, 6) is -0.104. The number of rotatable bonds is 3. The monoisotopic (exact) mass is 376 g/mol. The van der Waals surface area contributed by atoms with Crippen molar-refractivity contribution in [1.82, 2.24) is 29.6 Å². The Morgan fingerprint density at radius 1 is 1.20 bits per heavy atom. The maximum Gasteiger partial charge on any atom is 0.235 e. The maximum absolute atomic E-state index is 14.2. The van der Waals surface area contributed by atoms with Crippen molar-refractivity contribution < 1.29 is 4.39 Å². The summed E-state index contributed by atoms with van der Waals surface area (Å²) in [6, 6.07) is 4.46. The van der Waals surface area contributed by atoms with Crippen LogP contribution in [0.5, 0.6) is 0 Å². The van der Waals surface area contributed by atoms with E-state index in [9.17, 15) is 4.39 Å². The molecule has 0 amide bonds. The summed E-state index contributed by atoms with van der Waals surface area (Å²) in [6.45, 7) is 6.80. The van der Waals surface area contributed by atoms with Crippen molar-refractivity contribution in [3.63, 3.8) is 0 Å². The Morgan fingerprint density at radius 2 is 2.00 bits per heavy atom. The molecule has 0 aliphatic rings. The molecule has 128 valence electrons. The van der Waals surface area contributed by atoms with Crippen LogP contribution < -0.4 is 0 Å². The topological polar surface area (TPSA) is 60.9 Å². The standard InChI is InChI=1S/C16H14ClFN6S/c1-4-23-9(3)13(8(2)21-23)15-22-24-14(19-20-16(24)25-15)11-6-5-10(17)7-12(11)18/h5-7H,4H2,1-3H3. The molecule has 9 heteroatoms. The minimum atomic E-state index is -0.456. The van der Waals surface area contributed by atoms with Crippen LogP contribution >= 0.6 is 22.9 Å². The molecule has 1 aromatic carbocycles. The van der Waals surface area contributed by atoms with Gasteiger partial charge >= 0.3 is 0 Å². The fraction of sp³-hybridized carbons (Fsp3) is 0.250. The molecule has 4 aromatic rings. The number of hydrogen-bond donors (Lipinski definition) is 0. The summed E-state index contributed by atoms with van der Waals surface area (Å²) in [5.41, 5.74) is 3.25. The molecule has 0 bridgehead atoms. The minimum Gasteiger partial charge on any atom is -0.269 e. The maximum atomic E-state index is 14.2. The molecular formula is C16H14ClFN6S.